The highest BCUT2D eigenvalue weighted by Crippen LogP contribution is 2.30. The molecule has 7 nitrogen and oxygen atoms in total. The SMILES string of the molecule is O=C1OC[C@H](CNc2ncco2)N1c1ccc(C2=CCOCC2)c(F)c1. The molecule has 4 rings (SSSR count). The van der Waals surface area contributed by atoms with E-state index in [2.05, 4.69) is 10.3 Å². The Hall–Kier alpha value is -2.87. The number of hydrogen-bond acceptors (Lipinski definition) is 6. The topological polar surface area (TPSA) is 76.8 Å². The molecular formula is C18H18FN3O4. The van der Waals surface area contributed by atoms with E-state index in [4.69, 9.17) is 13.9 Å². The molecule has 1 amide bonds. The Morgan fingerprint density at radius 1 is 1.38 bits per heavy atom. The number of nitrogens with zero attached hydrogens (tertiary/aromatic N) is 2. The molecule has 0 radical (unpaired) electrons. The first-order chi connectivity index (χ1) is 12.7. The zero-order valence-electron chi connectivity index (χ0n) is 14.0. The quantitative estimate of drug-likeness (QED) is 0.884. The Morgan fingerprint density at radius 3 is 3.04 bits per heavy atom. The van der Waals surface area contributed by atoms with Crippen molar-refractivity contribution in [2.45, 2.75) is 12.5 Å². The van der Waals surface area contributed by atoms with Gasteiger partial charge in [0.05, 0.1) is 31.1 Å². The number of carbonyl (C=O) groups is 1. The molecule has 0 unspecified atom stereocenters. The summed E-state index contributed by atoms with van der Waals surface area (Å²) < 4.78 is 30.2. The van der Waals surface area contributed by atoms with Crippen molar-refractivity contribution in [3.8, 4) is 0 Å². The second-order valence-electron chi connectivity index (χ2n) is 6.04. The predicted octanol–water partition coefficient (Wildman–Crippen LogP) is 3.05. The van der Waals surface area contributed by atoms with Gasteiger partial charge in [-0.05, 0) is 30.2 Å². The summed E-state index contributed by atoms with van der Waals surface area (Å²) in [7, 11) is 0. The van der Waals surface area contributed by atoms with E-state index in [1.807, 2.05) is 6.08 Å². The molecule has 2 aliphatic rings. The minimum absolute atomic E-state index is 0.207. The van der Waals surface area contributed by atoms with Crippen molar-refractivity contribution in [3.63, 3.8) is 0 Å². The van der Waals surface area contributed by atoms with Gasteiger partial charge < -0.3 is 19.2 Å². The first-order valence-corrected chi connectivity index (χ1v) is 8.38. The number of rotatable bonds is 5. The Bertz CT molecular complexity index is 822. The van der Waals surface area contributed by atoms with Gasteiger partial charge in [0, 0.05) is 12.1 Å². The number of benzene rings is 1. The maximum absolute atomic E-state index is 14.7. The van der Waals surface area contributed by atoms with Gasteiger partial charge in [0.2, 0.25) is 0 Å². The van der Waals surface area contributed by atoms with Crippen LogP contribution in [0.5, 0.6) is 0 Å². The first-order valence-electron chi connectivity index (χ1n) is 8.38. The second-order valence-corrected chi connectivity index (χ2v) is 6.04. The summed E-state index contributed by atoms with van der Waals surface area (Å²) in [5.41, 5.74) is 1.92. The number of cyclic esters (lactones) is 1. The average molecular weight is 359 g/mol. The highest BCUT2D eigenvalue weighted by molar-refractivity contribution is 5.90. The van der Waals surface area contributed by atoms with Crippen LogP contribution in [0.4, 0.5) is 20.9 Å². The molecule has 1 aromatic carbocycles. The molecule has 1 atom stereocenters. The summed E-state index contributed by atoms with van der Waals surface area (Å²) in [5, 5.41) is 3.00. The molecular weight excluding hydrogens is 341 g/mol. The van der Waals surface area contributed by atoms with Crippen LogP contribution in [0.15, 0.2) is 41.2 Å². The van der Waals surface area contributed by atoms with Gasteiger partial charge in [0.15, 0.2) is 0 Å². The molecule has 3 heterocycles. The lowest BCUT2D eigenvalue weighted by Crippen LogP contribution is -2.38. The number of ether oxygens (including phenoxy) is 2. The molecule has 1 N–H and O–H groups in total. The summed E-state index contributed by atoms with van der Waals surface area (Å²) in [6, 6.07) is 4.88. The van der Waals surface area contributed by atoms with Crippen molar-refractivity contribution < 1.29 is 23.1 Å². The van der Waals surface area contributed by atoms with Crippen LogP contribution in [0.1, 0.15) is 12.0 Å². The Labute approximate surface area is 149 Å². The van der Waals surface area contributed by atoms with E-state index in [-0.39, 0.29) is 18.5 Å². The monoisotopic (exact) mass is 359 g/mol. The fourth-order valence-corrected chi connectivity index (χ4v) is 3.13. The summed E-state index contributed by atoms with van der Waals surface area (Å²) in [6.07, 6.45) is 5.03. The lowest BCUT2D eigenvalue weighted by atomic mass is 10.0. The third kappa shape index (κ3) is 3.28. The minimum atomic E-state index is -0.498. The molecule has 26 heavy (non-hydrogen) atoms. The van der Waals surface area contributed by atoms with Crippen molar-refractivity contribution in [2.24, 2.45) is 0 Å². The number of amides is 1. The van der Waals surface area contributed by atoms with Crippen molar-refractivity contribution >= 4 is 23.4 Å². The van der Waals surface area contributed by atoms with Crippen LogP contribution in [0.3, 0.4) is 0 Å². The summed E-state index contributed by atoms with van der Waals surface area (Å²) >= 11 is 0. The molecule has 1 fully saturated rings. The summed E-state index contributed by atoms with van der Waals surface area (Å²) in [4.78, 5) is 17.5. The highest BCUT2D eigenvalue weighted by atomic mass is 19.1. The normalized spacial score (nSPS) is 20.0. The predicted molar refractivity (Wildman–Crippen MR) is 92.4 cm³/mol. The van der Waals surface area contributed by atoms with Crippen LogP contribution in [-0.2, 0) is 9.47 Å². The standard InChI is InChI=1S/C18H18FN3O4/c19-16-9-13(1-2-15(16)12-3-6-24-7-4-12)22-14(11-26-18(22)23)10-21-17-20-5-8-25-17/h1-3,5,8-9,14H,4,6-7,10-11H2,(H,20,21)/t14-/m0/s1. The van der Waals surface area contributed by atoms with Gasteiger partial charge in [-0.1, -0.05) is 6.08 Å². The number of oxazole rings is 1. The largest absolute Gasteiger partial charge is 0.447 e. The number of anilines is 2. The Balaban J connectivity index is 1.53. The van der Waals surface area contributed by atoms with Crippen molar-refractivity contribution in [1.29, 1.82) is 0 Å². The van der Waals surface area contributed by atoms with Gasteiger partial charge in [-0.25, -0.2) is 14.2 Å². The Morgan fingerprint density at radius 2 is 2.31 bits per heavy atom. The van der Waals surface area contributed by atoms with Crippen molar-refractivity contribution in [2.75, 3.05) is 36.6 Å². The fraction of sp³-hybridized carbons (Fsp3) is 0.333. The van der Waals surface area contributed by atoms with E-state index >= 15 is 0 Å². The molecule has 0 aliphatic carbocycles. The molecule has 2 aromatic rings. The average Bonchev–Trinajstić information content (AvgIpc) is 3.30. The second kappa shape index (κ2) is 7.17. The molecule has 1 saturated heterocycles. The van der Waals surface area contributed by atoms with Gasteiger partial charge in [0.1, 0.15) is 18.7 Å². The smallest absolute Gasteiger partial charge is 0.414 e. The first kappa shape index (κ1) is 16.6. The zero-order chi connectivity index (χ0) is 17.9. The van der Waals surface area contributed by atoms with Crippen molar-refractivity contribution in [1.82, 2.24) is 4.98 Å². The van der Waals surface area contributed by atoms with E-state index in [9.17, 15) is 9.18 Å². The number of hydrogen-bond donors (Lipinski definition) is 1. The van der Waals surface area contributed by atoms with Crippen LogP contribution in [0, 0.1) is 5.82 Å². The van der Waals surface area contributed by atoms with Crippen LogP contribution >= 0.6 is 0 Å². The zero-order valence-corrected chi connectivity index (χ0v) is 14.0. The third-order valence-corrected chi connectivity index (χ3v) is 4.42. The van der Waals surface area contributed by atoms with E-state index in [0.717, 1.165) is 5.57 Å². The number of nitrogens with one attached hydrogen (secondary N) is 1. The van der Waals surface area contributed by atoms with Crippen LogP contribution in [0.2, 0.25) is 0 Å². The molecule has 0 spiro atoms. The van der Waals surface area contributed by atoms with Crippen LogP contribution in [-0.4, -0.2) is 43.5 Å². The van der Waals surface area contributed by atoms with Crippen LogP contribution in [0.25, 0.3) is 5.57 Å². The minimum Gasteiger partial charge on any atom is -0.447 e. The van der Waals surface area contributed by atoms with Crippen LogP contribution < -0.4 is 10.2 Å². The molecule has 1 aromatic heterocycles. The number of halogens is 1. The molecule has 0 bridgehead atoms. The Kier molecular flexibility index (Phi) is 4.57. The highest BCUT2D eigenvalue weighted by Gasteiger charge is 2.34. The molecule has 0 saturated carbocycles. The summed E-state index contributed by atoms with van der Waals surface area (Å²) in [6.45, 7) is 1.65. The number of carbonyl (C=O) groups excluding carboxylic acids is 1. The molecule has 8 heteroatoms. The fourth-order valence-electron chi connectivity index (χ4n) is 3.13. The molecule has 2 aliphatic heterocycles. The van der Waals surface area contributed by atoms with Gasteiger partial charge >= 0.3 is 6.09 Å². The van der Waals surface area contributed by atoms with E-state index < -0.39 is 6.09 Å². The third-order valence-electron chi connectivity index (χ3n) is 4.42. The maximum Gasteiger partial charge on any atom is 0.414 e. The van der Waals surface area contributed by atoms with Crippen molar-refractivity contribution in [3.05, 3.63) is 48.1 Å². The van der Waals surface area contributed by atoms with E-state index in [1.54, 1.807) is 12.1 Å². The van der Waals surface area contributed by atoms with E-state index in [1.165, 1.54) is 23.4 Å². The lowest BCUT2D eigenvalue weighted by Gasteiger charge is -2.22. The summed E-state index contributed by atoms with van der Waals surface area (Å²) in [5.74, 6) is -0.366. The number of aromatic nitrogens is 1. The molecule has 136 valence electrons. The van der Waals surface area contributed by atoms with Gasteiger partial charge in [-0.2, -0.15) is 0 Å². The lowest BCUT2D eigenvalue weighted by molar-refractivity contribution is 0.161. The van der Waals surface area contributed by atoms with E-state index in [0.29, 0.717) is 43.4 Å². The van der Waals surface area contributed by atoms with Gasteiger partial charge in [0.25, 0.3) is 6.01 Å². The van der Waals surface area contributed by atoms with Gasteiger partial charge in [-0.3, -0.25) is 4.90 Å². The van der Waals surface area contributed by atoms with Gasteiger partial charge in [-0.15, -0.1) is 0 Å². The maximum atomic E-state index is 14.7.